The van der Waals surface area contributed by atoms with E-state index in [0.717, 1.165) is 36.3 Å². The second-order valence-corrected chi connectivity index (χ2v) is 8.29. The Labute approximate surface area is 172 Å². The van der Waals surface area contributed by atoms with Crippen LogP contribution in [-0.4, -0.2) is 35.8 Å². The first kappa shape index (κ1) is 20.3. The van der Waals surface area contributed by atoms with Crippen LogP contribution in [0.2, 0.25) is 0 Å². The van der Waals surface area contributed by atoms with Crippen molar-refractivity contribution >= 4 is 0 Å². The largest absolute Gasteiger partial charge is 0.496 e. The number of fused-ring (bicyclic) bond motifs is 2. The van der Waals surface area contributed by atoms with E-state index in [1.54, 1.807) is 19.2 Å². The molecule has 3 atom stereocenters. The van der Waals surface area contributed by atoms with Gasteiger partial charge in [-0.15, -0.1) is 0 Å². The lowest BCUT2D eigenvalue weighted by Gasteiger charge is -2.44. The van der Waals surface area contributed by atoms with Gasteiger partial charge >= 0.3 is 0 Å². The summed E-state index contributed by atoms with van der Waals surface area (Å²) in [4.78, 5) is 2.53. The Kier molecular flexibility index (Phi) is 5.91. The number of ether oxygens (including phenoxy) is 2. The molecule has 5 heteroatoms. The Balaban J connectivity index is 1.50. The SMILES string of the molecule is CCOCc1cc(CN2[C@@H]3CC[C@H]2CC(O)(c2ccc(F)cc2)C3)ccc1OC. The maximum atomic E-state index is 13.3. The van der Waals surface area contributed by atoms with Gasteiger partial charge < -0.3 is 14.6 Å². The maximum absolute atomic E-state index is 13.3. The Morgan fingerprint density at radius 1 is 1.10 bits per heavy atom. The molecule has 2 aromatic rings. The summed E-state index contributed by atoms with van der Waals surface area (Å²) in [5.74, 6) is 0.592. The average Bonchev–Trinajstić information content (AvgIpc) is 2.96. The third kappa shape index (κ3) is 4.18. The molecular formula is C24H30FNO3. The predicted octanol–water partition coefficient (Wildman–Crippen LogP) is 4.39. The van der Waals surface area contributed by atoms with Crippen LogP contribution in [0.4, 0.5) is 4.39 Å². The van der Waals surface area contributed by atoms with E-state index in [4.69, 9.17) is 9.47 Å². The van der Waals surface area contributed by atoms with Crippen molar-refractivity contribution in [2.45, 2.75) is 63.4 Å². The van der Waals surface area contributed by atoms with Gasteiger partial charge in [-0.25, -0.2) is 4.39 Å². The van der Waals surface area contributed by atoms with Crippen molar-refractivity contribution in [3.05, 3.63) is 65.0 Å². The molecule has 1 unspecified atom stereocenters. The lowest BCUT2D eigenvalue weighted by Crippen LogP contribution is -2.49. The van der Waals surface area contributed by atoms with E-state index in [2.05, 4.69) is 17.0 Å². The standard InChI is InChI=1S/C24H30FNO3/c1-3-29-16-18-12-17(4-11-23(18)28-2)15-26-21-9-10-22(26)14-24(27,13-21)19-5-7-20(25)8-6-19/h4-8,11-12,21-22,27H,3,9-10,13-16H2,1-2H3/t21-,22+,24?. The van der Waals surface area contributed by atoms with Crippen molar-refractivity contribution in [1.82, 2.24) is 4.90 Å². The summed E-state index contributed by atoms with van der Waals surface area (Å²) in [5.41, 5.74) is 2.28. The van der Waals surface area contributed by atoms with Crippen LogP contribution in [0.5, 0.6) is 5.75 Å². The van der Waals surface area contributed by atoms with E-state index in [1.165, 1.54) is 17.7 Å². The molecule has 4 nitrogen and oxygen atoms in total. The van der Waals surface area contributed by atoms with E-state index < -0.39 is 5.60 Å². The summed E-state index contributed by atoms with van der Waals surface area (Å²) in [7, 11) is 1.69. The average molecular weight is 400 g/mol. The molecule has 2 saturated heterocycles. The minimum Gasteiger partial charge on any atom is -0.496 e. The van der Waals surface area contributed by atoms with Gasteiger partial charge in [0.05, 0.1) is 19.3 Å². The lowest BCUT2D eigenvalue weighted by atomic mass is 9.80. The van der Waals surface area contributed by atoms with Gasteiger partial charge in [0.1, 0.15) is 11.6 Å². The highest BCUT2D eigenvalue weighted by molar-refractivity contribution is 5.37. The summed E-state index contributed by atoms with van der Waals surface area (Å²) in [6.07, 6.45) is 3.57. The first-order valence-electron chi connectivity index (χ1n) is 10.5. The molecule has 156 valence electrons. The predicted molar refractivity (Wildman–Crippen MR) is 110 cm³/mol. The molecule has 2 aliphatic rings. The van der Waals surface area contributed by atoms with Crippen LogP contribution in [0.3, 0.4) is 0 Å². The van der Waals surface area contributed by atoms with Crippen LogP contribution < -0.4 is 4.74 Å². The zero-order chi connectivity index (χ0) is 20.4. The number of hydrogen-bond donors (Lipinski definition) is 1. The van der Waals surface area contributed by atoms with Gasteiger partial charge in [0, 0.05) is 30.8 Å². The van der Waals surface area contributed by atoms with Crippen LogP contribution in [0.1, 0.15) is 49.3 Å². The summed E-state index contributed by atoms with van der Waals surface area (Å²) in [6, 6.07) is 13.3. The van der Waals surface area contributed by atoms with Gasteiger partial charge in [-0.05, 0) is 68.0 Å². The molecule has 0 aromatic heterocycles. The van der Waals surface area contributed by atoms with Crippen LogP contribution in [0.15, 0.2) is 42.5 Å². The molecule has 0 saturated carbocycles. The van der Waals surface area contributed by atoms with Crippen LogP contribution in [0.25, 0.3) is 0 Å². The molecule has 2 fully saturated rings. The number of nitrogens with zero attached hydrogens (tertiary/aromatic N) is 1. The fraction of sp³-hybridized carbons (Fsp3) is 0.500. The Hall–Kier alpha value is -1.95. The molecule has 2 aliphatic heterocycles. The molecule has 4 rings (SSSR count). The monoisotopic (exact) mass is 399 g/mol. The fourth-order valence-electron chi connectivity index (χ4n) is 5.04. The maximum Gasteiger partial charge on any atom is 0.124 e. The molecule has 2 bridgehead atoms. The van der Waals surface area contributed by atoms with E-state index in [1.807, 2.05) is 13.0 Å². The highest BCUT2D eigenvalue weighted by Crippen LogP contribution is 2.46. The first-order valence-corrected chi connectivity index (χ1v) is 10.5. The summed E-state index contributed by atoms with van der Waals surface area (Å²) in [6.45, 7) is 4.07. The molecular weight excluding hydrogens is 369 g/mol. The molecule has 0 radical (unpaired) electrons. The van der Waals surface area contributed by atoms with Gasteiger partial charge in [0.25, 0.3) is 0 Å². The first-order chi connectivity index (χ1) is 14.0. The number of piperidine rings is 1. The number of methoxy groups -OCH3 is 1. The molecule has 29 heavy (non-hydrogen) atoms. The van der Waals surface area contributed by atoms with Crippen molar-refractivity contribution in [1.29, 1.82) is 0 Å². The van der Waals surface area contributed by atoms with Crippen molar-refractivity contribution < 1.29 is 19.0 Å². The Morgan fingerprint density at radius 2 is 1.79 bits per heavy atom. The summed E-state index contributed by atoms with van der Waals surface area (Å²) in [5, 5.41) is 11.3. The smallest absolute Gasteiger partial charge is 0.124 e. The Morgan fingerprint density at radius 3 is 2.41 bits per heavy atom. The molecule has 1 N–H and O–H groups in total. The zero-order valence-corrected chi connectivity index (χ0v) is 17.2. The summed E-state index contributed by atoms with van der Waals surface area (Å²) >= 11 is 0. The van der Waals surface area contributed by atoms with Crippen molar-refractivity contribution in [3.63, 3.8) is 0 Å². The van der Waals surface area contributed by atoms with Crippen LogP contribution in [0, 0.1) is 5.82 Å². The van der Waals surface area contributed by atoms with Gasteiger partial charge in [0.2, 0.25) is 0 Å². The zero-order valence-electron chi connectivity index (χ0n) is 17.2. The quantitative estimate of drug-likeness (QED) is 0.750. The number of hydrogen-bond acceptors (Lipinski definition) is 4. The van der Waals surface area contributed by atoms with Gasteiger partial charge in [-0.3, -0.25) is 4.90 Å². The van der Waals surface area contributed by atoms with E-state index >= 15 is 0 Å². The number of rotatable bonds is 7. The van der Waals surface area contributed by atoms with Gasteiger partial charge in [-0.2, -0.15) is 0 Å². The van der Waals surface area contributed by atoms with E-state index in [9.17, 15) is 9.50 Å². The second-order valence-electron chi connectivity index (χ2n) is 8.29. The second kappa shape index (κ2) is 8.42. The van der Waals surface area contributed by atoms with Gasteiger partial charge in [-0.1, -0.05) is 18.2 Å². The van der Waals surface area contributed by atoms with Gasteiger partial charge in [0.15, 0.2) is 0 Å². The minimum absolute atomic E-state index is 0.264. The number of aliphatic hydroxyl groups is 1. The third-order valence-corrected chi connectivity index (χ3v) is 6.47. The van der Waals surface area contributed by atoms with E-state index in [0.29, 0.717) is 38.1 Å². The fourth-order valence-corrected chi connectivity index (χ4v) is 5.04. The molecule has 0 aliphatic carbocycles. The molecule has 2 heterocycles. The van der Waals surface area contributed by atoms with Crippen molar-refractivity contribution in [2.24, 2.45) is 0 Å². The molecule has 0 spiro atoms. The van der Waals surface area contributed by atoms with E-state index in [-0.39, 0.29) is 5.82 Å². The van der Waals surface area contributed by atoms with Crippen molar-refractivity contribution in [2.75, 3.05) is 13.7 Å². The molecule has 2 aromatic carbocycles. The minimum atomic E-state index is -0.865. The van der Waals surface area contributed by atoms with Crippen LogP contribution in [-0.2, 0) is 23.5 Å². The third-order valence-electron chi connectivity index (χ3n) is 6.47. The number of benzene rings is 2. The van der Waals surface area contributed by atoms with Crippen molar-refractivity contribution in [3.8, 4) is 5.75 Å². The normalized spacial score (nSPS) is 26.6. The number of halogens is 1. The lowest BCUT2D eigenvalue weighted by molar-refractivity contribution is -0.0595. The molecule has 0 amide bonds. The Bertz CT molecular complexity index is 825. The highest BCUT2D eigenvalue weighted by Gasteiger charge is 2.48. The highest BCUT2D eigenvalue weighted by atomic mass is 19.1. The summed E-state index contributed by atoms with van der Waals surface area (Å²) < 4.78 is 24.4. The van der Waals surface area contributed by atoms with Crippen LogP contribution >= 0.6 is 0 Å². The topological polar surface area (TPSA) is 41.9 Å².